The number of amides is 1. The fraction of sp³-hybridized carbons (Fsp3) is 0.571. The van der Waals surface area contributed by atoms with Crippen LogP contribution in [-0.2, 0) is 16.1 Å². The van der Waals surface area contributed by atoms with Gasteiger partial charge in [0.25, 0.3) is 0 Å². The van der Waals surface area contributed by atoms with E-state index in [0.29, 0.717) is 41.5 Å². The number of nitrogens with one attached hydrogen (secondary N) is 2. The van der Waals surface area contributed by atoms with E-state index in [2.05, 4.69) is 20.8 Å². The molecule has 0 unspecified atom stereocenters. The first-order valence-electron chi connectivity index (χ1n) is 7.46. The second-order valence-corrected chi connectivity index (χ2v) is 6.76. The van der Waals surface area contributed by atoms with Crippen LogP contribution in [0.3, 0.4) is 0 Å². The van der Waals surface area contributed by atoms with E-state index < -0.39 is 18.0 Å². The van der Waals surface area contributed by atoms with Gasteiger partial charge in [-0.25, -0.2) is 0 Å². The van der Waals surface area contributed by atoms with Crippen molar-refractivity contribution in [3.8, 4) is 0 Å². The maximum atomic E-state index is 11.4. The van der Waals surface area contributed by atoms with Gasteiger partial charge in [0.1, 0.15) is 5.03 Å². The zero-order chi connectivity index (χ0) is 16.4. The lowest BCUT2D eigenvalue weighted by Crippen LogP contribution is -2.45. The lowest BCUT2D eigenvalue weighted by molar-refractivity contribution is -0.144. The van der Waals surface area contributed by atoms with Crippen LogP contribution in [0.5, 0.6) is 0 Å². The Hall–Kier alpha value is -1.71. The average molecular weight is 338 g/mol. The highest BCUT2D eigenvalue weighted by Gasteiger charge is 2.32. The molecular weight excluding hydrogens is 320 g/mol. The maximum absolute atomic E-state index is 11.4. The standard InChI is InChI=1S/C14H18N4O4S/c19-11-3-7(14(21)22)1-2-9(11)15-5-8-4-10-13(18-17-8)23-6-12(20)16-10/h4,7,9,11,15,19H,1-3,5-6H2,(H,16,20)(H,21,22)/t7-,9-,11-/m0/s1. The molecule has 0 spiro atoms. The van der Waals surface area contributed by atoms with Crippen LogP contribution in [0.4, 0.5) is 5.69 Å². The first-order valence-corrected chi connectivity index (χ1v) is 8.45. The quantitative estimate of drug-likeness (QED) is 0.615. The summed E-state index contributed by atoms with van der Waals surface area (Å²) < 4.78 is 0. The van der Waals surface area contributed by atoms with Crippen LogP contribution in [0.25, 0.3) is 0 Å². The van der Waals surface area contributed by atoms with Gasteiger partial charge in [0.2, 0.25) is 5.91 Å². The largest absolute Gasteiger partial charge is 0.481 e. The first kappa shape index (κ1) is 16.2. The third-order valence-corrected chi connectivity index (χ3v) is 5.12. The second kappa shape index (κ2) is 6.81. The van der Waals surface area contributed by atoms with Crippen LogP contribution in [0.15, 0.2) is 11.1 Å². The molecule has 1 fully saturated rings. The molecule has 9 heteroatoms. The van der Waals surface area contributed by atoms with Crippen LogP contribution in [0.2, 0.25) is 0 Å². The van der Waals surface area contributed by atoms with E-state index >= 15 is 0 Å². The van der Waals surface area contributed by atoms with Gasteiger partial charge in [0, 0.05) is 12.6 Å². The van der Waals surface area contributed by atoms with Gasteiger partial charge in [-0.2, -0.15) is 5.10 Å². The van der Waals surface area contributed by atoms with Crippen LogP contribution in [0, 0.1) is 5.92 Å². The Balaban J connectivity index is 1.58. The number of aliphatic hydroxyl groups is 1. The Bertz CT molecular complexity index is 627. The number of aliphatic carboxylic acids is 1. The number of aliphatic hydroxyl groups excluding tert-OH is 1. The molecule has 3 rings (SSSR count). The first-order chi connectivity index (χ1) is 11.0. The normalized spacial score (nSPS) is 27.2. The molecule has 124 valence electrons. The molecule has 1 amide bonds. The van der Waals surface area contributed by atoms with Gasteiger partial charge in [-0.3, -0.25) is 9.59 Å². The van der Waals surface area contributed by atoms with E-state index in [9.17, 15) is 14.7 Å². The van der Waals surface area contributed by atoms with Gasteiger partial charge in [0.05, 0.1) is 29.2 Å². The van der Waals surface area contributed by atoms with Crippen molar-refractivity contribution in [2.75, 3.05) is 11.1 Å². The molecule has 0 radical (unpaired) electrons. The zero-order valence-corrected chi connectivity index (χ0v) is 13.2. The molecule has 0 saturated heterocycles. The summed E-state index contributed by atoms with van der Waals surface area (Å²) >= 11 is 1.35. The number of nitrogens with zero attached hydrogens (tertiary/aromatic N) is 2. The fourth-order valence-electron chi connectivity index (χ4n) is 2.87. The summed E-state index contributed by atoms with van der Waals surface area (Å²) in [4.78, 5) is 22.4. The van der Waals surface area contributed by atoms with Crippen molar-refractivity contribution in [2.24, 2.45) is 5.92 Å². The molecule has 1 aromatic rings. The molecule has 0 bridgehead atoms. The number of anilines is 1. The Morgan fingerprint density at radius 3 is 3.00 bits per heavy atom. The van der Waals surface area contributed by atoms with Gasteiger partial charge in [-0.15, -0.1) is 5.10 Å². The number of carboxylic acid groups (broad SMARTS) is 1. The van der Waals surface area contributed by atoms with Crippen LogP contribution in [0.1, 0.15) is 25.0 Å². The monoisotopic (exact) mass is 338 g/mol. The molecular formula is C14H18N4O4S. The minimum Gasteiger partial charge on any atom is -0.481 e. The highest BCUT2D eigenvalue weighted by Crippen LogP contribution is 2.29. The van der Waals surface area contributed by atoms with E-state index in [0.717, 1.165) is 0 Å². The molecule has 3 atom stereocenters. The summed E-state index contributed by atoms with van der Waals surface area (Å²) in [6.45, 7) is 0.403. The van der Waals surface area contributed by atoms with Crippen molar-refractivity contribution < 1.29 is 19.8 Å². The Morgan fingerprint density at radius 2 is 2.26 bits per heavy atom. The molecule has 1 saturated carbocycles. The summed E-state index contributed by atoms with van der Waals surface area (Å²) in [5.41, 5.74) is 1.33. The molecule has 2 heterocycles. The number of hydrogen-bond acceptors (Lipinski definition) is 7. The predicted molar refractivity (Wildman–Crippen MR) is 83.0 cm³/mol. The number of fused-ring (bicyclic) bond motifs is 1. The molecule has 8 nitrogen and oxygen atoms in total. The average Bonchev–Trinajstić information content (AvgIpc) is 2.53. The van der Waals surface area contributed by atoms with E-state index in [-0.39, 0.29) is 18.4 Å². The summed E-state index contributed by atoms with van der Waals surface area (Å²) in [5.74, 6) is -1.04. The minimum atomic E-state index is -0.851. The van der Waals surface area contributed by atoms with Crippen LogP contribution >= 0.6 is 11.8 Å². The number of hydrogen-bond donors (Lipinski definition) is 4. The molecule has 2 aliphatic rings. The van der Waals surface area contributed by atoms with Crippen molar-refractivity contribution in [2.45, 2.75) is 43.0 Å². The van der Waals surface area contributed by atoms with Crippen molar-refractivity contribution in [1.29, 1.82) is 0 Å². The third kappa shape index (κ3) is 3.80. The van der Waals surface area contributed by atoms with Crippen LogP contribution in [-0.4, -0.2) is 50.2 Å². The van der Waals surface area contributed by atoms with E-state index in [4.69, 9.17) is 5.11 Å². The van der Waals surface area contributed by atoms with E-state index in [1.165, 1.54) is 11.8 Å². The number of aromatic nitrogens is 2. The lowest BCUT2D eigenvalue weighted by atomic mass is 9.84. The number of thioether (sulfide) groups is 1. The van der Waals surface area contributed by atoms with Gasteiger partial charge in [-0.1, -0.05) is 11.8 Å². The van der Waals surface area contributed by atoms with Crippen molar-refractivity contribution in [3.63, 3.8) is 0 Å². The highest BCUT2D eigenvalue weighted by atomic mass is 32.2. The molecule has 0 aromatic carbocycles. The second-order valence-electron chi connectivity index (χ2n) is 5.79. The molecule has 1 aromatic heterocycles. The van der Waals surface area contributed by atoms with E-state index in [1.807, 2.05) is 0 Å². The number of carboxylic acids is 1. The third-order valence-electron chi connectivity index (χ3n) is 4.14. The van der Waals surface area contributed by atoms with Gasteiger partial charge >= 0.3 is 5.97 Å². The summed E-state index contributed by atoms with van der Waals surface area (Å²) in [6, 6.07) is 1.61. The molecule has 1 aliphatic heterocycles. The topological polar surface area (TPSA) is 124 Å². The highest BCUT2D eigenvalue weighted by molar-refractivity contribution is 8.00. The molecule has 4 N–H and O–H groups in total. The van der Waals surface area contributed by atoms with Crippen molar-refractivity contribution >= 4 is 29.3 Å². The number of rotatable bonds is 4. The number of carbonyl (C=O) groups excluding carboxylic acids is 1. The Labute approximate surface area is 137 Å². The Kier molecular flexibility index (Phi) is 4.79. The maximum Gasteiger partial charge on any atom is 0.306 e. The van der Waals surface area contributed by atoms with Gasteiger partial charge < -0.3 is 20.8 Å². The predicted octanol–water partition coefficient (Wildman–Crippen LogP) is 0.225. The minimum absolute atomic E-state index is 0.0585. The van der Waals surface area contributed by atoms with Gasteiger partial charge in [0.15, 0.2) is 0 Å². The number of carbonyl (C=O) groups is 2. The smallest absolute Gasteiger partial charge is 0.306 e. The van der Waals surface area contributed by atoms with Crippen LogP contribution < -0.4 is 10.6 Å². The summed E-state index contributed by atoms with van der Waals surface area (Å²) in [7, 11) is 0. The summed E-state index contributed by atoms with van der Waals surface area (Å²) in [5, 5.41) is 33.9. The molecule has 23 heavy (non-hydrogen) atoms. The van der Waals surface area contributed by atoms with Crippen molar-refractivity contribution in [1.82, 2.24) is 15.5 Å². The summed E-state index contributed by atoms with van der Waals surface area (Å²) in [6.07, 6.45) is 0.719. The molecule has 1 aliphatic carbocycles. The SMILES string of the molecule is O=C1CSc2nnc(CN[C@H]3CC[C@H](C(=O)O)C[C@@H]3O)cc2N1. The van der Waals surface area contributed by atoms with Crippen molar-refractivity contribution in [3.05, 3.63) is 11.8 Å². The zero-order valence-electron chi connectivity index (χ0n) is 12.4. The fourth-order valence-corrected chi connectivity index (χ4v) is 3.57. The lowest BCUT2D eigenvalue weighted by Gasteiger charge is -2.31. The van der Waals surface area contributed by atoms with Gasteiger partial charge in [-0.05, 0) is 25.3 Å². The Morgan fingerprint density at radius 1 is 1.43 bits per heavy atom. The van der Waals surface area contributed by atoms with E-state index in [1.54, 1.807) is 6.07 Å².